The van der Waals surface area contributed by atoms with E-state index in [1.54, 1.807) is 0 Å². The second-order valence-corrected chi connectivity index (χ2v) is 6.17. The van der Waals surface area contributed by atoms with Crippen molar-refractivity contribution >= 4 is 27.5 Å². The van der Waals surface area contributed by atoms with Crippen LogP contribution >= 0.6 is 15.9 Å². The Bertz CT molecular complexity index is 414. The fourth-order valence-corrected chi connectivity index (χ4v) is 2.98. The molecule has 2 N–H and O–H groups in total. The summed E-state index contributed by atoms with van der Waals surface area (Å²) in [4.78, 5) is 13.5. The average molecular weight is 326 g/mol. The summed E-state index contributed by atoms with van der Waals surface area (Å²) in [6.07, 6.45) is 6.49. The van der Waals surface area contributed by atoms with Gasteiger partial charge in [-0.2, -0.15) is 0 Å². The van der Waals surface area contributed by atoms with Gasteiger partial charge in [-0.3, -0.25) is 4.79 Å². The Morgan fingerprint density at radius 1 is 1.16 bits per heavy atom. The van der Waals surface area contributed by atoms with Crippen molar-refractivity contribution in [3.05, 3.63) is 28.7 Å². The lowest BCUT2D eigenvalue weighted by Gasteiger charge is -2.21. The van der Waals surface area contributed by atoms with Crippen LogP contribution in [0.5, 0.6) is 0 Å². The molecule has 0 aromatic heterocycles. The Morgan fingerprint density at radius 3 is 2.53 bits per heavy atom. The molecule has 2 rings (SSSR count). The summed E-state index contributed by atoms with van der Waals surface area (Å²) >= 11 is 3.41. The van der Waals surface area contributed by atoms with Crippen LogP contribution in [0, 0.1) is 0 Å². The number of halogens is 1. The van der Waals surface area contributed by atoms with Crippen molar-refractivity contribution in [1.29, 1.82) is 0 Å². The van der Waals surface area contributed by atoms with Crippen molar-refractivity contribution in [2.45, 2.75) is 32.1 Å². The van der Waals surface area contributed by atoms with E-state index < -0.39 is 0 Å². The van der Waals surface area contributed by atoms with Gasteiger partial charge in [0.1, 0.15) is 0 Å². The largest absolute Gasteiger partial charge is 0.327 e. The minimum atomic E-state index is 0.119. The molecule has 0 radical (unpaired) electrons. The van der Waals surface area contributed by atoms with Crippen LogP contribution in [-0.4, -0.2) is 25.5 Å². The summed E-state index contributed by atoms with van der Waals surface area (Å²) in [6, 6.07) is 7.74. The Labute approximate surface area is 123 Å². The van der Waals surface area contributed by atoms with Gasteiger partial charge in [0.2, 0.25) is 0 Å². The molecule has 1 fully saturated rings. The van der Waals surface area contributed by atoms with Gasteiger partial charge in [-0.25, -0.2) is 0 Å². The normalized spacial score (nSPS) is 17.5. The number of hydrogen-bond acceptors (Lipinski definition) is 1. The molecule has 1 aromatic carbocycles. The van der Waals surface area contributed by atoms with Gasteiger partial charge >= 0.3 is 0 Å². The van der Waals surface area contributed by atoms with E-state index in [1.165, 1.54) is 37.0 Å². The first kappa shape index (κ1) is 14.5. The van der Waals surface area contributed by atoms with Crippen molar-refractivity contribution in [3.8, 4) is 0 Å². The molecule has 0 spiro atoms. The zero-order valence-electron chi connectivity index (χ0n) is 11.3. The number of anilines is 1. The minimum Gasteiger partial charge on any atom is -0.327 e. The number of benzene rings is 1. The molecule has 0 bridgehead atoms. The monoisotopic (exact) mass is 325 g/mol. The number of likely N-dealkylation sites (tertiary alicyclic amines) is 1. The van der Waals surface area contributed by atoms with Crippen LogP contribution in [0.1, 0.15) is 32.1 Å². The maximum atomic E-state index is 12.0. The van der Waals surface area contributed by atoms with Gasteiger partial charge in [-0.1, -0.05) is 28.4 Å². The highest BCUT2D eigenvalue weighted by atomic mass is 79.9. The van der Waals surface area contributed by atoms with Crippen molar-refractivity contribution in [2.24, 2.45) is 0 Å². The van der Waals surface area contributed by atoms with Crippen LogP contribution in [0.3, 0.4) is 0 Å². The van der Waals surface area contributed by atoms with Crippen molar-refractivity contribution in [2.75, 3.05) is 25.0 Å². The van der Waals surface area contributed by atoms with E-state index in [0.717, 1.165) is 23.2 Å². The number of nitrogens with one attached hydrogen (secondary N) is 2. The number of amides is 1. The third-order valence-electron chi connectivity index (χ3n) is 3.58. The van der Waals surface area contributed by atoms with Gasteiger partial charge in [0, 0.05) is 10.2 Å². The summed E-state index contributed by atoms with van der Waals surface area (Å²) in [6.45, 7) is 2.85. The second kappa shape index (κ2) is 7.65. The summed E-state index contributed by atoms with van der Waals surface area (Å²) in [7, 11) is 0. The molecule has 19 heavy (non-hydrogen) atoms. The van der Waals surface area contributed by atoms with Crippen molar-refractivity contribution < 1.29 is 9.69 Å². The Hall–Kier alpha value is -0.870. The second-order valence-electron chi connectivity index (χ2n) is 5.25. The zero-order chi connectivity index (χ0) is 13.5. The van der Waals surface area contributed by atoms with E-state index in [1.807, 2.05) is 24.3 Å². The summed E-state index contributed by atoms with van der Waals surface area (Å²) < 4.78 is 0.990. The number of rotatable bonds is 3. The van der Waals surface area contributed by atoms with Crippen LogP contribution in [0.15, 0.2) is 28.7 Å². The van der Waals surface area contributed by atoms with Crippen LogP contribution in [-0.2, 0) is 4.79 Å². The van der Waals surface area contributed by atoms with E-state index in [9.17, 15) is 4.79 Å². The molecule has 1 aromatic rings. The summed E-state index contributed by atoms with van der Waals surface area (Å²) in [5, 5.41) is 2.98. The first-order valence-corrected chi connectivity index (χ1v) is 7.92. The van der Waals surface area contributed by atoms with Gasteiger partial charge in [0.15, 0.2) is 6.54 Å². The number of hydrogen-bond donors (Lipinski definition) is 2. The minimum absolute atomic E-state index is 0.119. The third kappa shape index (κ3) is 5.33. The van der Waals surface area contributed by atoms with Crippen LogP contribution in [0.2, 0.25) is 0 Å². The van der Waals surface area contributed by atoms with Gasteiger partial charge in [-0.15, -0.1) is 0 Å². The molecule has 0 saturated carbocycles. The third-order valence-corrected chi connectivity index (χ3v) is 4.07. The molecular formula is C15H22BrN2O+. The van der Waals surface area contributed by atoms with Crippen LogP contribution in [0.4, 0.5) is 5.69 Å². The summed E-state index contributed by atoms with van der Waals surface area (Å²) in [5.74, 6) is 0.119. The van der Waals surface area contributed by atoms with E-state index in [-0.39, 0.29) is 5.91 Å². The maximum absolute atomic E-state index is 12.0. The fourth-order valence-electron chi connectivity index (χ4n) is 2.58. The predicted octanol–water partition coefficient (Wildman–Crippen LogP) is 2.24. The standard InChI is InChI=1S/C15H21BrN2O/c16-13-7-6-8-14(11-13)17-15(19)12-18-9-4-2-1-3-5-10-18/h6-8,11H,1-5,9-10,12H2,(H,17,19)/p+1. The Morgan fingerprint density at radius 2 is 1.84 bits per heavy atom. The van der Waals surface area contributed by atoms with Crippen LogP contribution in [0.25, 0.3) is 0 Å². The molecule has 1 amide bonds. The molecule has 0 unspecified atom stereocenters. The van der Waals surface area contributed by atoms with Gasteiger partial charge in [0.05, 0.1) is 13.1 Å². The van der Waals surface area contributed by atoms with Gasteiger partial charge < -0.3 is 10.2 Å². The lowest BCUT2D eigenvalue weighted by atomic mass is 10.1. The SMILES string of the molecule is O=C(C[NH+]1CCCCCCC1)Nc1cccc(Br)c1. The van der Waals surface area contributed by atoms with E-state index in [2.05, 4.69) is 21.2 Å². The lowest BCUT2D eigenvalue weighted by Crippen LogP contribution is -3.13. The summed E-state index contributed by atoms with van der Waals surface area (Å²) in [5.41, 5.74) is 0.866. The fraction of sp³-hybridized carbons (Fsp3) is 0.533. The van der Waals surface area contributed by atoms with Crippen molar-refractivity contribution in [1.82, 2.24) is 0 Å². The highest BCUT2D eigenvalue weighted by molar-refractivity contribution is 9.10. The molecular weight excluding hydrogens is 304 g/mol. The molecule has 1 aliphatic rings. The molecule has 3 nitrogen and oxygen atoms in total. The lowest BCUT2D eigenvalue weighted by molar-refractivity contribution is -0.892. The van der Waals surface area contributed by atoms with Crippen molar-refractivity contribution in [3.63, 3.8) is 0 Å². The van der Waals surface area contributed by atoms with Crippen LogP contribution < -0.4 is 10.2 Å². The maximum Gasteiger partial charge on any atom is 0.279 e. The highest BCUT2D eigenvalue weighted by Crippen LogP contribution is 2.15. The number of quaternary nitrogens is 1. The smallest absolute Gasteiger partial charge is 0.279 e. The topological polar surface area (TPSA) is 33.5 Å². The van der Waals surface area contributed by atoms with Gasteiger partial charge in [-0.05, 0) is 43.9 Å². The quantitative estimate of drug-likeness (QED) is 0.878. The Balaban J connectivity index is 1.82. The molecule has 104 valence electrons. The first-order chi connectivity index (χ1) is 9.24. The highest BCUT2D eigenvalue weighted by Gasteiger charge is 2.15. The molecule has 1 heterocycles. The molecule has 4 heteroatoms. The zero-order valence-corrected chi connectivity index (χ0v) is 12.8. The molecule has 0 aliphatic carbocycles. The van der Waals surface area contributed by atoms with E-state index in [0.29, 0.717) is 6.54 Å². The van der Waals surface area contributed by atoms with Gasteiger partial charge in [0.25, 0.3) is 5.91 Å². The Kier molecular flexibility index (Phi) is 5.86. The molecule has 1 aliphatic heterocycles. The first-order valence-electron chi connectivity index (χ1n) is 7.13. The number of carbonyl (C=O) groups excluding carboxylic acids is 1. The molecule has 0 atom stereocenters. The van der Waals surface area contributed by atoms with E-state index in [4.69, 9.17) is 0 Å². The van der Waals surface area contributed by atoms with E-state index >= 15 is 0 Å². The molecule has 1 saturated heterocycles. The number of carbonyl (C=O) groups is 1. The average Bonchev–Trinajstić information content (AvgIpc) is 2.32. The predicted molar refractivity (Wildman–Crippen MR) is 81.4 cm³/mol.